The number of benzene rings is 3. The van der Waals surface area contributed by atoms with Gasteiger partial charge in [-0.05, 0) is 86.3 Å². The molecule has 0 aliphatic rings. The van der Waals surface area contributed by atoms with Crippen LogP contribution in [0.1, 0.15) is 22.3 Å². The summed E-state index contributed by atoms with van der Waals surface area (Å²) >= 11 is 0. The summed E-state index contributed by atoms with van der Waals surface area (Å²) in [6, 6.07) is 17.6. The molecule has 0 fully saturated rings. The van der Waals surface area contributed by atoms with Crippen LogP contribution < -0.4 is 10.1 Å². The summed E-state index contributed by atoms with van der Waals surface area (Å²) in [5, 5.41) is 2.93. The summed E-state index contributed by atoms with van der Waals surface area (Å²) in [4.78, 5) is 17.0. The van der Waals surface area contributed by atoms with Crippen LogP contribution in [-0.4, -0.2) is 17.5 Å². The molecule has 5 heteroatoms. The first-order valence-electron chi connectivity index (χ1n) is 9.86. The Labute approximate surface area is 175 Å². The van der Waals surface area contributed by atoms with Gasteiger partial charge in [-0.15, -0.1) is 0 Å². The van der Waals surface area contributed by atoms with Crippen LogP contribution in [0.3, 0.4) is 0 Å². The average Bonchev–Trinajstić information content (AvgIpc) is 3.10. The van der Waals surface area contributed by atoms with Gasteiger partial charge < -0.3 is 14.5 Å². The first kappa shape index (κ1) is 19.7. The first-order valence-corrected chi connectivity index (χ1v) is 9.86. The van der Waals surface area contributed by atoms with Gasteiger partial charge in [0.2, 0.25) is 5.89 Å². The molecule has 152 valence electrons. The highest BCUT2D eigenvalue weighted by Crippen LogP contribution is 2.28. The van der Waals surface area contributed by atoms with Crippen LogP contribution in [0, 0.1) is 27.7 Å². The number of nitrogens with zero attached hydrogens (tertiary/aromatic N) is 1. The summed E-state index contributed by atoms with van der Waals surface area (Å²) in [5.41, 5.74) is 7.34. The molecular formula is C25H24N2O3. The van der Waals surface area contributed by atoms with Gasteiger partial charge in [-0.2, -0.15) is 0 Å². The van der Waals surface area contributed by atoms with Crippen molar-refractivity contribution >= 4 is 22.7 Å². The van der Waals surface area contributed by atoms with E-state index in [4.69, 9.17) is 9.15 Å². The molecule has 4 aromatic rings. The fourth-order valence-electron chi connectivity index (χ4n) is 3.40. The standard InChI is InChI=1S/C25H24N2O3/c1-15-5-8-21-23(12-15)30-25(27-21)19-7-6-18(4)22(13-19)26-24(28)14-29-20-10-16(2)9-17(3)11-20/h5-13H,14H2,1-4H3,(H,26,28). The predicted molar refractivity (Wildman–Crippen MR) is 119 cm³/mol. The molecule has 3 aromatic carbocycles. The second-order valence-electron chi connectivity index (χ2n) is 7.68. The maximum atomic E-state index is 12.5. The van der Waals surface area contributed by atoms with Crippen molar-refractivity contribution in [1.29, 1.82) is 0 Å². The lowest BCUT2D eigenvalue weighted by Crippen LogP contribution is -2.20. The summed E-state index contributed by atoms with van der Waals surface area (Å²) in [6.45, 7) is 7.90. The third-order valence-corrected chi connectivity index (χ3v) is 4.87. The lowest BCUT2D eigenvalue weighted by molar-refractivity contribution is -0.118. The first-order chi connectivity index (χ1) is 14.4. The highest BCUT2D eigenvalue weighted by molar-refractivity contribution is 5.93. The molecule has 1 aromatic heterocycles. The molecule has 1 N–H and O–H groups in total. The maximum Gasteiger partial charge on any atom is 0.262 e. The van der Waals surface area contributed by atoms with Gasteiger partial charge in [0.25, 0.3) is 5.91 Å². The molecule has 30 heavy (non-hydrogen) atoms. The number of anilines is 1. The number of fused-ring (bicyclic) bond motifs is 1. The van der Waals surface area contributed by atoms with Crippen molar-refractivity contribution < 1.29 is 13.9 Å². The van der Waals surface area contributed by atoms with Crippen molar-refractivity contribution in [2.45, 2.75) is 27.7 Å². The van der Waals surface area contributed by atoms with E-state index < -0.39 is 0 Å². The maximum absolute atomic E-state index is 12.5. The van der Waals surface area contributed by atoms with E-state index in [1.807, 2.05) is 76.2 Å². The Morgan fingerprint density at radius 1 is 0.933 bits per heavy atom. The van der Waals surface area contributed by atoms with E-state index in [9.17, 15) is 4.79 Å². The molecular weight excluding hydrogens is 376 g/mol. The Kier molecular flexibility index (Phi) is 5.27. The van der Waals surface area contributed by atoms with E-state index in [2.05, 4.69) is 16.4 Å². The Bertz CT molecular complexity index is 1220. The van der Waals surface area contributed by atoms with E-state index in [0.29, 0.717) is 17.3 Å². The largest absolute Gasteiger partial charge is 0.484 e. The van der Waals surface area contributed by atoms with E-state index in [-0.39, 0.29) is 12.5 Å². The number of oxazole rings is 1. The number of carbonyl (C=O) groups is 1. The quantitative estimate of drug-likeness (QED) is 0.463. The number of hydrogen-bond donors (Lipinski definition) is 1. The second-order valence-corrected chi connectivity index (χ2v) is 7.68. The minimum Gasteiger partial charge on any atom is -0.484 e. The Hall–Kier alpha value is -3.60. The number of rotatable bonds is 5. The Morgan fingerprint density at radius 3 is 2.47 bits per heavy atom. The summed E-state index contributed by atoms with van der Waals surface area (Å²) < 4.78 is 11.6. The van der Waals surface area contributed by atoms with Crippen LogP contribution in [0.5, 0.6) is 5.75 Å². The van der Waals surface area contributed by atoms with E-state index >= 15 is 0 Å². The fraction of sp³-hybridized carbons (Fsp3) is 0.200. The molecule has 1 heterocycles. The second kappa shape index (κ2) is 8.03. The molecule has 0 saturated carbocycles. The molecule has 0 atom stereocenters. The summed E-state index contributed by atoms with van der Waals surface area (Å²) in [6.07, 6.45) is 0. The molecule has 0 unspecified atom stereocenters. The minimum absolute atomic E-state index is 0.0608. The van der Waals surface area contributed by atoms with Gasteiger partial charge in [0.15, 0.2) is 12.2 Å². The molecule has 4 rings (SSSR count). The average molecular weight is 400 g/mol. The lowest BCUT2D eigenvalue weighted by atomic mass is 10.1. The third-order valence-electron chi connectivity index (χ3n) is 4.87. The molecule has 0 radical (unpaired) electrons. The summed E-state index contributed by atoms with van der Waals surface area (Å²) in [5.74, 6) is 0.995. The minimum atomic E-state index is -0.220. The molecule has 0 spiro atoms. The van der Waals surface area contributed by atoms with Crippen molar-refractivity contribution in [3.05, 3.63) is 76.9 Å². The van der Waals surface area contributed by atoms with Gasteiger partial charge in [0.1, 0.15) is 11.3 Å². The van der Waals surface area contributed by atoms with Crippen LogP contribution in [0.25, 0.3) is 22.6 Å². The normalized spacial score (nSPS) is 10.9. The van der Waals surface area contributed by atoms with Crippen molar-refractivity contribution in [2.75, 3.05) is 11.9 Å². The van der Waals surface area contributed by atoms with E-state index in [1.54, 1.807) is 0 Å². The smallest absolute Gasteiger partial charge is 0.262 e. The highest BCUT2D eigenvalue weighted by Gasteiger charge is 2.12. The molecule has 0 aliphatic heterocycles. The molecule has 0 aliphatic carbocycles. The van der Waals surface area contributed by atoms with Crippen molar-refractivity contribution in [1.82, 2.24) is 4.98 Å². The fourth-order valence-corrected chi connectivity index (χ4v) is 3.40. The highest BCUT2D eigenvalue weighted by atomic mass is 16.5. The van der Waals surface area contributed by atoms with Crippen LogP contribution in [0.2, 0.25) is 0 Å². The number of nitrogens with one attached hydrogen (secondary N) is 1. The summed E-state index contributed by atoms with van der Waals surface area (Å²) in [7, 11) is 0. The van der Waals surface area contributed by atoms with Gasteiger partial charge in [-0.3, -0.25) is 4.79 Å². The van der Waals surface area contributed by atoms with Crippen LogP contribution >= 0.6 is 0 Å². The molecule has 0 bridgehead atoms. The molecule has 5 nitrogen and oxygen atoms in total. The lowest BCUT2D eigenvalue weighted by Gasteiger charge is -2.11. The Morgan fingerprint density at radius 2 is 1.70 bits per heavy atom. The van der Waals surface area contributed by atoms with Crippen molar-refractivity contribution in [3.63, 3.8) is 0 Å². The van der Waals surface area contributed by atoms with E-state index in [1.165, 1.54) is 0 Å². The van der Waals surface area contributed by atoms with Crippen molar-refractivity contribution in [2.24, 2.45) is 0 Å². The number of amides is 1. The van der Waals surface area contributed by atoms with Gasteiger partial charge in [-0.1, -0.05) is 18.2 Å². The topological polar surface area (TPSA) is 64.4 Å². The van der Waals surface area contributed by atoms with E-state index in [0.717, 1.165) is 38.9 Å². The van der Waals surface area contributed by atoms with Gasteiger partial charge in [0.05, 0.1) is 0 Å². The van der Waals surface area contributed by atoms with Gasteiger partial charge >= 0.3 is 0 Å². The zero-order chi connectivity index (χ0) is 21.3. The molecule has 1 amide bonds. The zero-order valence-electron chi connectivity index (χ0n) is 17.6. The number of carbonyl (C=O) groups excluding carboxylic acids is 1. The molecule has 0 saturated heterocycles. The number of hydrogen-bond acceptors (Lipinski definition) is 4. The zero-order valence-corrected chi connectivity index (χ0v) is 17.6. The predicted octanol–water partition coefficient (Wildman–Crippen LogP) is 5.75. The number of aromatic nitrogens is 1. The van der Waals surface area contributed by atoms with Crippen molar-refractivity contribution in [3.8, 4) is 17.2 Å². The van der Waals surface area contributed by atoms with Crippen LogP contribution in [-0.2, 0) is 4.79 Å². The van der Waals surface area contributed by atoms with Crippen LogP contribution in [0.4, 0.5) is 5.69 Å². The number of ether oxygens (including phenoxy) is 1. The van der Waals surface area contributed by atoms with Crippen LogP contribution in [0.15, 0.2) is 59.0 Å². The number of aryl methyl sites for hydroxylation is 4. The van der Waals surface area contributed by atoms with Gasteiger partial charge in [0, 0.05) is 11.3 Å². The monoisotopic (exact) mass is 400 g/mol. The third kappa shape index (κ3) is 4.35. The Balaban J connectivity index is 1.50. The van der Waals surface area contributed by atoms with Gasteiger partial charge in [-0.25, -0.2) is 4.98 Å². The SMILES string of the molecule is Cc1cc(C)cc(OCC(=O)Nc2cc(-c3nc4ccc(C)cc4o3)ccc2C)c1.